The Bertz CT molecular complexity index is 936. The molecule has 1 fully saturated rings. The van der Waals surface area contributed by atoms with Crippen molar-refractivity contribution < 1.29 is 33.2 Å². The summed E-state index contributed by atoms with van der Waals surface area (Å²) in [5.74, 6) is -1.87. The molecule has 0 saturated carbocycles. The van der Waals surface area contributed by atoms with Crippen molar-refractivity contribution >= 4 is 35.3 Å². The Hall–Kier alpha value is -3.69. The average molecular weight is 401 g/mol. The van der Waals surface area contributed by atoms with Crippen molar-refractivity contribution in [2.75, 3.05) is 30.5 Å². The van der Waals surface area contributed by atoms with Gasteiger partial charge in [0.05, 0.1) is 18.6 Å². The quantitative estimate of drug-likeness (QED) is 0.718. The van der Waals surface area contributed by atoms with E-state index in [2.05, 4.69) is 15.2 Å². The molecule has 1 aliphatic rings. The molecule has 1 atom stereocenters. The number of amides is 2. The second-order valence-electron chi connectivity index (χ2n) is 6.42. The van der Waals surface area contributed by atoms with Crippen molar-refractivity contribution in [2.45, 2.75) is 13.3 Å². The second-order valence-corrected chi connectivity index (χ2v) is 6.42. The highest BCUT2D eigenvalue weighted by Gasteiger charge is 2.36. The van der Waals surface area contributed by atoms with Crippen LogP contribution in [-0.2, 0) is 23.9 Å². The number of esters is 2. The van der Waals surface area contributed by atoms with Crippen molar-refractivity contribution in [1.29, 1.82) is 0 Å². The summed E-state index contributed by atoms with van der Waals surface area (Å²) < 4.78 is 14.5. The predicted molar refractivity (Wildman–Crippen MR) is 99.1 cm³/mol. The van der Waals surface area contributed by atoms with Crippen LogP contribution >= 0.6 is 0 Å². The SMILES string of the molecule is COC(=O)c1ccc(N2CC(C(=O)OCC(=O)Nc3cc(C)on3)CC2=O)cc1. The molecule has 0 spiro atoms. The predicted octanol–water partition coefficient (Wildman–Crippen LogP) is 1.30. The minimum Gasteiger partial charge on any atom is -0.465 e. The van der Waals surface area contributed by atoms with Crippen LogP contribution in [0.4, 0.5) is 11.5 Å². The first-order chi connectivity index (χ1) is 13.9. The monoisotopic (exact) mass is 401 g/mol. The molecule has 0 radical (unpaired) electrons. The van der Waals surface area contributed by atoms with E-state index in [9.17, 15) is 19.2 Å². The molecule has 1 aliphatic heterocycles. The summed E-state index contributed by atoms with van der Waals surface area (Å²) in [6, 6.07) is 7.81. The lowest BCUT2D eigenvalue weighted by Crippen LogP contribution is -2.28. The lowest BCUT2D eigenvalue weighted by molar-refractivity contribution is -0.151. The summed E-state index contributed by atoms with van der Waals surface area (Å²) in [4.78, 5) is 49.3. The summed E-state index contributed by atoms with van der Waals surface area (Å²) >= 11 is 0. The smallest absolute Gasteiger partial charge is 0.337 e. The highest BCUT2D eigenvalue weighted by molar-refractivity contribution is 6.00. The minimum atomic E-state index is -0.690. The number of methoxy groups -OCH3 is 1. The van der Waals surface area contributed by atoms with Crippen LogP contribution in [-0.4, -0.2) is 49.2 Å². The van der Waals surface area contributed by atoms with Gasteiger partial charge in [0.2, 0.25) is 5.91 Å². The zero-order chi connectivity index (χ0) is 21.0. The Balaban J connectivity index is 1.53. The largest absolute Gasteiger partial charge is 0.465 e. The summed E-state index contributed by atoms with van der Waals surface area (Å²) in [6.07, 6.45) is -0.0261. The number of rotatable bonds is 6. The van der Waals surface area contributed by atoms with Crippen molar-refractivity contribution in [2.24, 2.45) is 5.92 Å². The van der Waals surface area contributed by atoms with Gasteiger partial charge in [-0.2, -0.15) is 0 Å². The number of carbonyl (C=O) groups excluding carboxylic acids is 4. The number of hydrogen-bond donors (Lipinski definition) is 1. The van der Waals surface area contributed by atoms with E-state index in [-0.39, 0.29) is 24.7 Å². The van der Waals surface area contributed by atoms with Crippen LogP contribution < -0.4 is 10.2 Å². The maximum absolute atomic E-state index is 12.3. The van der Waals surface area contributed by atoms with Crippen molar-refractivity contribution in [1.82, 2.24) is 5.16 Å². The van der Waals surface area contributed by atoms with Gasteiger partial charge in [-0.15, -0.1) is 0 Å². The van der Waals surface area contributed by atoms with Crippen LogP contribution in [0.2, 0.25) is 0 Å². The summed E-state index contributed by atoms with van der Waals surface area (Å²) in [5.41, 5.74) is 0.907. The minimum absolute atomic E-state index is 0.0261. The maximum atomic E-state index is 12.3. The number of anilines is 2. The van der Waals surface area contributed by atoms with Crippen LogP contribution in [0.25, 0.3) is 0 Å². The molecule has 10 nitrogen and oxygen atoms in total. The number of carbonyl (C=O) groups is 4. The van der Waals surface area contributed by atoms with Gasteiger partial charge in [0.1, 0.15) is 5.76 Å². The Morgan fingerprint density at radius 1 is 1.28 bits per heavy atom. The van der Waals surface area contributed by atoms with E-state index < -0.39 is 30.4 Å². The highest BCUT2D eigenvalue weighted by atomic mass is 16.5. The molecule has 0 aliphatic carbocycles. The number of nitrogens with one attached hydrogen (secondary N) is 1. The van der Waals surface area contributed by atoms with Gasteiger partial charge in [-0.05, 0) is 31.2 Å². The number of aryl methyl sites for hydroxylation is 1. The molecule has 2 aromatic rings. The fraction of sp³-hybridized carbons (Fsp3) is 0.316. The number of benzene rings is 1. The van der Waals surface area contributed by atoms with Crippen molar-refractivity contribution in [3.05, 3.63) is 41.7 Å². The van der Waals surface area contributed by atoms with Gasteiger partial charge in [0.15, 0.2) is 12.4 Å². The molecular weight excluding hydrogens is 382 g/mol. The Kier molecular flexibility index (Phi) is 5.91. The van der Waals surface area contributed by atoms with Gasteiger partial charge >= 0.3 is 11.9 Å². The topological polar surface area (TPSA) is 128 Å². The first-order valence-electron chi connectivity index (χ1n) is 8.76. The van der Waals surface area contributed by atoms with E-state index in [1.807, 2.05) is 0 Å². The number of aromatic nitrogens is 1. The second kappa shape index (κ2) is 8.55. The molecule has 1 aromatic heterocycles. The van der Waals surface area contributed by atoms with Crippen molar-refractivity contribution in [3.8, 4) is 0 Å². The average Bonchev–Trinajstić information content (AvgIpc) is 3.31. The summed E-state index contributed by atoms with van der Waals surface area (Å²) in [5, 5.41) is 6.04. The fourth-order valence-corrected chi connectivity index (χ4v) is 2.87. The first-order valence-corrected chi connectivity index (χ1v) is 8.76. The first kappa shape index (κ1) is 20.1. The standard InChI is InChI=1S/C19H19N3O7/c1-11-7-15(21-29-11)20-16(23)10-28-19(26)13-8-17(24)22(9-13)14-5-3-12(4-6-14)18(25)27-2/h3-7,13H,8-10H2,1-2H3,(H,20,21,23). The third-order valence-corrected chi connectivity index (χ3v) is 4.30. The Morgan fingerprint density at radius 2 is 2.00 bits per heavy atom. The molecule has 1 saturated heterocycles. The summed E-state index contributed by atoms with van der Waals surface area (Å²) in [6.45, 7) is 1.30. The van der Waals surface area contributed by atoms with E-state index in [4.69, 9.17) is 9.26 Å². The van der Waals surface area contributed by atoms with Crippen molar-refractivity contribution in [3.63, 3.8) is 0 Å². The zero-order valence-electron chi connectivity index (χ0n) is 15.8. The number of hydrogen-bond acceptors (Lipinski definition) is 8. The molecule has 1 N–H and O–H groups in total. The van der Waals surface area contributed by atoms with Crippen LogP contribution in [0.3, 0.4) is 0 Å². The molecule has 10 heteroatoms. The molecule has 2 amide bonds. The van der Waals surface area contributed by atoms with Crippen LogP contribution in [0.15, 0.2) is 34.9 Å². The number of nitrogens with zero attached hydrogens (tertiary/aromatic N) is 2. The molecule has 29 heavy (non-hydrogen) atoms. The lowest BCUT2D eigenvalue weighted by Gasteiger charge is -2.16. The lowest BCUT2D eigenvalue weighted by atomic mass is 10.1. The highest BCUT2D eigenvalue weighted by Crippen LogP contribution is 2.26. The molecular formula is C19H19N3O7. The van der Waals surface area contributed by atoms with E-state index in [0.717, 1.165) is 0 Å². The van der Waals surface area contributed by atoms with E-state index in [0.29, 0.717) is 17.0 Å². The fourth-order valence-electron chi connectivity index (χ4n) is 2.87. The van der Waals surface area contributed by atoms with Gasteiger partial charge in [0, 0.05) is 24.7 Å². The molecule has 152 valence electrons. The Morgan fingerprint density at radius 3 is 2.62 bits per heavy atom. The zero-order valence-corrected chi connectivity index (χ0v) is 15.8. The third-order valence-electron chi connectivity index (χ3n) is 4.30. The van der Waals surface area contributed by atoms with Gasteiger partial charge in [-0.3, -0.25) is 14.4 Å². The van der Waals surface area contributed by atoms with Crippen LogP contribution in [0, 0.1) is 12.8 Å². The molecule has 1 aromatic carbocycles. The normalized spacial score (nSPS) is 15.9. The van der Waals surface area contributed by atoms with Crippen LogP contribution in [0.1, 0.15) is 22.5 Å². The van der Waals surface area contributed by atoms with Gasteiger partial charge in [0.25, 0.3) is 5.91 Å². The van der Waals surface area contributed by atoms with E-state index >= 15 is 0 Å². The van der Waals surface area contributed by atoms with E-state index in [1.54, 1.807) is 19.1 Å². The molecule has 1 unspecified atom stereocenters. The van der Waals surface area contributed by atoms with E-state index in [1.165, 1.54) is 30.2 Å². The molecule has 3 rings (SSSR count). The summed E-state index contributed by atoms with van der Waals surface area (Å²) in [7, 11) is 1.28. The number of ether oxygens (including phenoxy) is 2. The molecule has 0 bridgehead atoms. The van der Waals surface area contributed by atoms with Gasteiger partial charge < -0.3 is 24.2 Å². The molecule has 2 heterocycles. The maximum Gasteiger partial charge on any atom is 0.337 e. The Labute approximate surface area is 165 Å². The van der Waals surface area contributed by atoms with Crippen LogP contribution in [0.5, 0.6) is 0 Å². The van der Waals surface area contributed by atoms with Gasteiger partial charge in [-0.25, -0.2) is 4.79 Å². The van der Waals surface area contributed by atoms with Gasteiger partial charge in [-0.1, -0.05) is 5.16 Å². The third kappa shape index (κ3) is 4.78.